The van der Waals surface area contributed by atoms with Crippen LogP contribution in [-0.2, 0) is 6.61 Å². The second-order valence-corrected chi connectivity index (χ2v) is 4.25. The van der Waals surface area contributed by atoms with E-state index >= 15 is 0 Å². The lowest BCUT2D eigenvalue weighted by atomic mass is 10.2. The monoisotopic (exact) mass is 263 g/mol. The summed E-state index contributed by atoms with van der Waals surface area (Å²) in [6, 6.07) is 12.8. The van der Waals surface area contributed by atoms with E-state index < -0.39 is 0 Å². The van der Waals surface area contributed by atoms with Gasteiger partial charge in [0.05, 0.1) is 7.11 Å². The molecule has 0 aliphatic carbocycles. The normalized spacial score (nSPS) is 10.1. The van der Waals surface area contributed by atoms with Gasteiger partial charge in [-0.1, -0.05) is 23.7 Å². The van der Waals surface area contributed by atoms with Crippen LogP contribution in [0.15, 0.2) is 42.5 Å². The van der Waals surface area contributed by atoms with Crippen LogP contribution in [0.25, 0.3) is 0 Å². The molecular formula is C14H14ClNO2. The molecule has 0 heterocycles. The highest BCUT2D eigenvalue weighted by Crippen LogP contribution is 2.22. The number of nitrogen functional groups attached to an aromatic ring is 1. The van der Waals surface area contributed by atoms with Gasteiger partial charge in [-0.05, 0) is 24.3 Å². The molecule has 0 aliphatic heterocycles. The number of rotatable bonds is 4. The Hall–Kier alpha value is -1.87. The number of hydrogen-bond acceptors (Lipinski definition) is 3. The smallest absolute Gasteiger partial charge is 0.123 e. The van der Waals surface area contributed by atoms with Crippen molar-refractivity contribution < 1.29 is 9.47 Å². The molecule has 0 saturated heterocycles. The molecule has 0 aromatic heterocycles. The van der Waals surface area contributed by atoms with Crippen molar-refractivity contribution in [3.8, 4) is 11.5 Å². The predicted octanol–water partition coefficient (Wildman–Crippen LogP) is 3.51. The molecule has 0 amide bonds. The molecule has 18 heavy (non-hydrogen) atoms. The Morgan fingerprint density at radius 2 is 1.89 bits per heavy atom. The molecule has 2 rings (SSSR count). The number of benzene rings is 2. The third kappa shape index (κ3) is 3.08. The molecule has 3 nitrogen and oxygen atoms in total. The van der Waals surface area contributed by atoms with Gasteiger partial charge in [0, 0.05) is 22.3 Å². The number of hydrogen-bond donors (Lipinski definition) is 1. The first-order chi connectivity index (χ1) is 8.69. The van der Waals surface area contributed by atoms with E-state index in [0.717, 1.165) is 17.1 Å². The molecule has 94 valence electrons. The van der Waals surface area contributed by atoms with Crippen LogP contribution >= 0.6 is 11.6 Å². The van der Waals surface area contributed by atoms with Crippen molar-refractivity contribution in [2.24, 2.45) is 0 Å². The van der Waals surface area contributed by atoms with E-state index in [2.05, 4.69) is 0 Å². The van der Waals surface area contributed by atoms with Crippen LogP contribution in [0.5, 0.6) is 11.5 Å². The zero-order valence-corrected chi connectivity index (χ0v) is 10.8. The van der Waals surface area contributed by atoms with Gasteiger partial charge in [-0.3, -0.25) is 0 Å². The summed E-state index contributed by atoms with van der Waals surface area (Å²) in [5, 5.41) is 0.623. The fourth-order valence-corrected chi connectivity index (χ4v) is 1.73. The fraction of sp³-hybridized carbons (Fsp3) is 0.143. The Labute approximate surface area is 111 Å². The topological polar surface area (TPSA) is 44.5 Å². The number of methoxy groups -OCH3 is 1. The van der Waals surface area contributed by atoms with Gasteiger partial charge in [0.1, 0.15) is 18.1 Å². The average molecular weight is 264 g/mol. The van der Waals surface area contributed by atoms with Gasteiger partial charge in [0.25, 0.3) is 0 Å². The molecule has 0 fully saturated rings. The first-order valence-corrected chi connectivity index (χ1v) is 5.87. The third-order valence-electron chi connectivity index (χ3n) is 2.54. The Balaban J connectivity index is 2.06. The van der Waals surface area contributed by atoms with Crippen molar-refractivity contribution in [1.29, 1.82) is 0 Å². The van der Waals surface area contributed by atoms with Crippen LogP contribution in [0, 0.1) is 0 Å². The minimum absolute atomic E-state index is 0.399. The Bertz CT molecular complexity index is 543. The Morgan fingerprint density at radius 1 is 1.11 bits per heavy atom. The van der Waals surface area contributed by atoms with E-state index in [1.54, 1.807) is 19.2 Å². The zero-order chi connectivity index (χ0) is 13.0. The molecular weight excluding hydrogens is 250 g/mol. The summed E-state index contributed by atoms with van der Waals surface area (Å²) >= 11 is 5.84. The highest BCUT2D eigenvalue weighted by atomic mass is 35.5. The quantitative estimate of drug-likeness (QED) is 0.859. The average Bonchev–Trinajstić information content (AvgIpc) is 2.38. The lowest BCUT2D eigenvalue weighted by Crippen LogP contribution is -2.00. The highest BCUT2D eigenvalue weighted by Gasteiger charge is 2.02. The van der Waals surface area contributed by atoms with Crippen molar-refractivity contribution >= 4 is 17.3 Å². The largest absolute Gasteiger partial charge is 0.497 e. The summed E-state index contributed by atoms with van der Waals surface area (Å²) < 4.78 is 10.8. The van der Waals surface area contributed by atoms with Crippen LogP contribution in [0.3, 0.4) is 0 Å². The van der Waals surface area contributed by atoms with Crippen molar-refractivity contribution in [2.45, 2.75) is 6.61 Å². The van der Waals surface area contributed by atoms with Crippen molar-refractivity contribution in [2.75, 3.05) is 12.8 Å². The van der Waals surface area contributed by atoms with Gasteiger partial charge >= 0.3 is 0 Å². The summed E-state index contributed by atoms with van der Waals surface area (Å²) in [6.07, 6.45) is 0. The van der Waals surface area contributed by atoms with E-state index in [1.165, 1.54) is 0 Å². The summed E-state index contributed by atoms with van der Waals surface area (Å²) in [6.45, 7) is 0.399. The maximum Gasteiger partial charge on any atom is 0.123 e. The Morgan fingerprint density at radius 3 is 2.61 bits per heavy atom. The zero-order valence-electron chi connectivity index (χ0n) is 10.0. The molecule has 2 aromatic rings. The lowest BCUT2D eigenvalue weighted by molar-refractivity contribution is 0.304. The SMILES string of the molecule is COc1cccc(OCc2ccc(Cl)cc2N)c1. The second kappa shape index (κ2) is 5.65. The van der Waals surface area contributed by atoms with Crippen LogP contribution in [0.4, 0.5) is 5.69 Å². The van der Waals surface area contributed by atoms with Gasteiger partial charge in [0.2, 0.25) is 0 Å². The minimum Gasteiger partial charge on any atom is -0.497 e. The molecule has 4 heteroatoms. The number of halogens is 1. The minimum atomic E-state index is 0.399. The van der Waals surface area contributed by atoms with Crippen molar-refractivity contribution in [3.63, 3.8) is 0 Å². The van der Waals surface area contributed by atoms with E-state index in [9.17, 15) is 0 Å². The molecule has 0 bridgehead atoms. The molecule has 0 spiro atoms. The molecule has 0 unspecified atom stereocenters. The second-order valence-electron chi connectivity index (χ2n) is 3.81. The Kier molecular flexibility index (Phi) is 3.95. The number of anilines is 1. The van der Waals surface area contributed by atoms with Crippen molar-refractivity contribution in [1.82, 2.24) is 0 Å². The van der Waals surface area contributed by atoms with Gasteiger partial charge in [0.15, 0.2) is 0 Å². The molecule has 2 N–H and O–H groups in total. The van der Waals surface area contributed by atoms with Crippen molar-refractivity contribution in [3.05, 3.63) is 53.1 Å². The first-order valence-electron chi connectivity index (χ1n) is 5.50. The summed E-state index contributed by atoms with van der Waals surface area (Å²) in [4.78, 5) is 0. The summed E-state index contributed by atoms with van der Waals surface area (Å²) in [7, 11) is 1.62. The van der Waals surface area contributed by atoms with Crippen LogP contribution in [0.1, 0.15) is 5.56 Å². The maximum absolute atomic E-state index is 5.85. The lowest BCUT2D eigenvalue weighted by Gasteiger charge is -2.09. The highest BCUT2D eigenvalue weighted by molar-refractivity contribution is 6.30. The van der Waals surface area contributed by atoms with Gasteiger partial charge in [-0.25, -0.2) is 0 Å². The number of nitrogens with two attached hydrogens (primary N) is 1. The number of ether oxygens (including phenoxy) is 2. The van der Waals surface area contributed by atoms with Crippen LogP contribution in [-0.4, -0.2) is 7.11 Å². The van der Waals surface area contributed by atoms with Crippen LogP contribution in [0.2, 0.25) is 5.02 Å². The summed E-state index contributed by atoms with van der Waals surface area (Å²) in [5.74, 6) is 1.50. The molecule has 0 aliphatic rings. The molecule has 2 aromatic carbocycles. The van der Waals surface area contributed by atoms with Crippen LogP contribution < -0.4 is 15.2 Å². The summed E-state index contributed by atoms with van der Waals surface area (Å²) in [5.41, 5.74) is 7.39. The van der Waals surface area contributed by atoms with E-state index in [0.29, 0.717) is 17.3 Å². The van der Waals surface area contributed by atoms with Gasteiger partial charge in [-0.2, -0.15) is 0 Å². The van der Waals surface area contributed by atoms with Gasteiger partial charge < -0.3 is 15.2 Å². The van der Waals surface area contributed by atoms with E-state index in [-0.39, 0.29) is 0 Å². The maximum atomic E-state index is 5.85. The molecule has 0 atom stereocenters. The third-order valence-corrected chi connectivity index (χ3v) is 2.78. The molecule has 0 radical (unpaired) electrons. The van der Waals surface area contributed by atoms with E-state index in [4.69, 9.17) is 26.8 Å². The molecule has 0 saturated carbocycles. The van der Waals surface area contributed by atoms with Gasteiger partial charge in [-0.15, -0.1) is 0 Å². The standard InChI is InChI=1S/C14H14ClNO2/c1-17-12-3-2-4-13(8-12)18-9-10-5-6-11(15)7-14(10)16/h2-8H,9,16H2,1H3. The first kappa shape index (κ1) is 12.6. The fourth-order valence-electron chi connectivity index (χ4n) is 1.55. The van der Waals surface area contributed by atoms with E-state index in [1.807, 2.05) is 30.3 Å². The predicted molar refractivity (Wildman–Crippen MR) is 73.2 cm³/mol.